The topological polar surface area (TPSA) is 87.2 Å². The van der Waals surface area contributed by atoms with Crippen LogP contribution in [0.25, 0.3) is 0 Å². The summed E-state index contributed by atoms with van der Waals surface area (Å²) in [5.41, 5.74) is 0.640. The number of rotatable bonds is 10. The smallest absolute Gasteiger partial charge is 0.311 e. The molecule has 194 valence electrons. The molecule has 3 aliphatic heterocycles. The highest BCUT2D eigenvalue weighted by atomic mass is 35.5. The largest absolute Gasteiger partial charge is 0.461 e. The van der Waals surface area contributed by atoms with E-state index in [0.29, 0.717) is 23.6 Å². The molecule has 6 atom stereocenters. The van der Waals surface area contributed by atoms with E-state index in [-0.39, 0.29) is 42.7 Å². The van der Waals surface area contributed by atoms with Crippen LogP contribution >= 0.6 is 23.4 Å². The molecule has 2 unspecified atom stereocenters. The van der Waals surface area contributed by atoms with Gasteiger partial charge in [-0.1, -0.05) is 44.2 Å². The van der Waals surface area contributed by atoms with Gasteiger partial charge in [0.1, 0.15) is 12.6 Å². The normalized spacial score (nSPS) is 29.2. The predicted molar refractivity (Wildman–Crippen MR) is 142 cm³/mol. The molecule has 2 amide bonds. The third-order valence-corrected chi connectivity index (χ3v) is 9.82. The number of halogens is 1. The molecule has 3 heterocycles. The van der Waals surface area contributed by atoms with Crippen molar-refractivity contribution in [1.82, 2.24) is 4.90 Å². The fourth-order valence-electron chi connectivity index (χ4n) is 6.07. The van der Waals surface area contributed by atoms with Crippen molar-refractivity contribution in [3.63, 3.8) is 0 Å². The molecule has 3 saturated heterocycles. The number of thioether (sulfide) groups is 1. The second-order valence-electron chi connectivity index (χ2n) is 9.93. The second-order valence-corrected chi connectivity index (χ2v) is 12.0. The van der Waals surface area contributed by atoms with Crippen molar-refractivity contribution in [3.05, 3.63) is 54.6 Å². The van der Waals surface area contributed by atoms with Gasteiger partial charge < -0.3 is 19.6 Å². The maximum absolute atomic E-state index is 14.4. The van der Waals surface area contributed by atoms with Crippen molar-refractivity contribution >= 4 is 46.8 Å². The molecule has 0 radical (unpaired) electrons. The molecule has 0 aromatic heterocycles. The number of carbonyl (C=O) groups is 3. The Morgan fingerprint density at radius 1 is 1.31 bits per heavy atom. The van der Waals surface area contributed by atoms with E-state index in [2.05, 4.69) is 13.2 Å². The lowest BCUT2D eigenvalue weighted by Gasteiger charge is -2.40. The summed E-state index contributed by atoms with van der Waals surface area (Å²) in [5.74, 6) is -2.35. The predicted octanol–water partition coefficient (Wildman–Crippen LogP) is 3.70. The standard InChI is InChI=1S/C27H33ClN2O5S/c1-5-13-29(18-9-7-17(28)8-10-18)25(33)23-27-12-11-20(36-27)21(26(34)35-14-6-2)22(27)24(32)30(23)19(15-31)16(3)4/h5-10,16,19-23,31H,1-2,11-15H2,3-4H3/t19-,20-,21+,22-,23?,27?/m0/s1. The summed E-state index contributed by atoms with van der Waals surface area (Å²) in [7, 11) is 0. The minimum atomic E-state index is -0.836. The first-order valence-electron chi connectivity index (χ1n) is 12.3. The number of aliphatic hydroxyl groups is 1. The molecule has 4 rings (SSSR count). The maximum Gasteiger partial charge on any atom is 0.311 e. The number of nitrogens with zero attached hydrogens (tertiary/aromatic N) is 2. The molecule has 1 aromatic carbocycles. The number of hydrogen-bond acceptors (Lipinski definition) is 6. The molecule has 1 N–H and O–H groups in total. The van der Waals surface area contributed by atoms with Crippen LogP contribution in [0.5, 0.6) is 0 Å². The van der Waals surface area contributed by atoms with Crippen LogP contribution in [0.2, 0.25) is 5.02 Å². The molecule has 2 bridgehead atoms. The second kappa shape index (κ2) is 10.6. The first kappa shape index (κ1) is 26.8. The molecule has 1 aromatic rings. The van der Waals surface area contributed by atoms with Crippen molar-refractivity contribution in [1.29, 1.82) is 0 Å². The zero-order valence-electron chi connectivity index (χ0n) is 20.6. The number of aliphatic hydroxyl groups excluding tert-OH is 1. The summed E-state index contributed by atoms with van der Waals surface area (Å²) >= 11 is 7.66. The summed E-state index contributed by atoms with van der Waals surface area (Å²) in [5, 5.41) is 10.8. The summed E-state index contributed by atoms with van der Waals surface area (Å²) in [6.07, 6.45) is 4.50. The monoisotopic (exact) mass is 532 g/mol. The molecule has 3 fully saturated rings. The lowest BCUT2D eigenvalue weighted by atomic mass is 9.71. The Bertz CT molecular complexity index is 1050. The summed E-state index contributed by atoms with van der Waals surface area (Å²) in [6, 6.07) is 5.56. The van der Waals surface area contributed by atoms with E-state index in [1.807, 2.05) is 13.8 Å². The Labute approximate surface area is 221 Å². The third kappa shape index (κ3) is 4.27. The molecule has 9 heteroatoms. The van der Waals surface area contributed by atoms with Crippen molar-refractivity contribution < 1.29 is 24.2 Å². The summed E-state index contributed by atoms with van der Waals surface area (Å²) in [6.45, 7) is 11.3. The van der Waals surface area contributed by atoms with E-state index in [0.717, 1.165) is 0 Å². The van der Waals surface area contributed by atoms with E-state index in [4.69, 9.17) is 16.3 Å². The van der Waals surface area contributed by atoms with Gasteiger partial charge in [-0.15, -0.1) is 18.3 Å². The van der Waals surface area contributed by atoms with Crippen LogP contribution in [0.1, 0.15) is 26.7 Å². The van der Waals surface area contributed by atoms with E-state index in [1.165, 1.54) is 6.08 Å². The van der Waals surface area contributed by atoms with Crippen LogP contribution in [0.15, 0.2) is 49.6 Å². The number of benzene rings is 1. The van der Waals surface area contributed by atoms with Gasteiger partial charge >= 0.3 is 5.97 Å². The van der Waals surface area contributed by atoms with Gasteiger partial charge in [-0.25, -0.2) is 0 Å². The van der Waals surface area contributed by atoms with Crippen molar-refractivity contribution in [2.24, 2.45) is 17.8 Å². The number of carbonyl (C=O) groups excluding carboxylic acids is 3. The van der Waals surface area contributed by atoms with E-state index in [1.54, 1.807) is 51.9 Å². The lowest BCUT2D eigenvalue weighted by molar-refractivity contribution is -0.153. The third-order valence-electron chi connectivity index (χ3n) is 7.62. The summed E-state index contributed by atoms with van der Waals surface area (Å²) < 4.78 is 4.63. The molecule has 36 heavy (non-hydrogen) atoms. The van der Waals surface area contributed by atoms with Gasteiger partial charge in [0.05, 0.1) is 29.2 Å². The molecular weight excluding hydrogens is 500 g/mol. The first-order chi connectivity index (χ1) is 17.2. The fraction of sp³-hybridized carbons (Fsp3) is 0.519. The van der Waals surface area contributed by atoms with Gasteiger partial charge in [-0.05, 0) is 43.0 Å². The maximum atomic E-state index is 14.4. The van der Waals surface area contributed by atoms with Crippen molar-refractivity contribution in [2.45, 2.75) is 48.8 Å². The first-order valence-corrected chi connectivity index (χ1v) is 13.5. The molecule has 3 aliphatic rings. The fourth-order valence-corrected chi connectivity index (χ4v) is 8.39. The van der Waals surface area contributed by atoms with Gasteiger partial charge in [0.2, 0.25) is 5.91 Å². The van der Waals surface area contributed by atoms with E-state index in [9.17, 15) is 19.5 Å². The summed E-state index contributed by atoms with van der Waals surface area (Å²) in [4.78, 5) is 44.8. The molecule has 0 saturated carbocycles. The quantitative estimate of drug-likeness (QED) is 0.365. The zero-order chi connectivity index (χ0) is 26.2. The van der Waals surface area contributed by atoms with Crippen LogP contribution in [-0.2, 0) is 19.1 Å². The highest BCUT2D eigenvalue weighted by Crippen LogP contribution is 2.67. The van der Waals surface area contributed by atoms with Gasteiger partial charge in [0.15, 0.2) is 0 Å². The van der Waals surface area contributed by atoms with Gasteiger partial charge in [0, 0.05) is 22.5 Å². The minimum absolute atomic E-state index is 0.0711. The van der Waals surface area contributed by atoms with Gasteiger partial charge in [-0.3, -0.25) is 14.4 Å². The highest BCUT2D eigenvalue weighted by molar-refractivity contribution is 8.02. The number of amides is 2. The van der Waals surface area contributed by atoms with Crippen LogP contribution < -0.4 is 4.90 Å². The molecule has 1 spiro atoms. The minimum Gasteiger partial charge on any atom is -0.461 e. The van der Waals surface area contributed by atoms with E-state index < -0.39 is 34.6 Å². The number of ether oxygens (including phenoxy) is 1. The zero-order valence-corrected chi connectivity index (χ0v) is 22.2. The lowest BCUT2D eigenvalue weighted by Crippen LogP contribution is -2.58. The van der Waals surface area contributed by atoms with Crippen molar-refractivity contribution in [3.8, 4) is 0 Å². The van der Waals surface area contributed by atoms with Crippen LogP contribution in [-0.4, -0.2) is 69.6 Å². The SMILES string of the molecule is C=CCOC(=O)[C@@H]1[C@@H]2CCC3(S2)C(C(=O)N(CC=C)c2ccc(Cl)cc2)N([C@@H](CO)C(C)C)C(=O)[C@H]13. The number of anilines is 1. The van der Waals surface area contributed by atoms with Gasteiger partial charge in [-0.2, -0.15) is 0 Å². The molecule has 7 nitrogen and oxygen atoms in total. The number of esters is 1. The average molecular weight is 533 g/mol. The van der Waals surface area contributed by atoms with Gasteiger partial charge in [0.25, 0.3) is 5.91 Å². The highest BCUT2D eigenvalue weighted by Gasteiger charge is 2.75. The molecule has 0 aliphatic carbocycles. The number of likely N-dealkylation sites (tertiary alicyclic amines) is 1. The van der Waals surface area contributed by atoms with Crippen LogP contribution in [0, 0.1) is 17.8 Å². The van der Waals surface area contributed by atoms with Crippen LogP contribution in [0.3, 0.4) is 0 Å². The van der Waals surface area contributed by atoms with E-state index >= 15 is 0 Å². The van der Waals surface area contributed by atoms with Crippen LogP contribution in [0.4, 0.5) is 5.69 Å². The Balaban J connectivity index is 1.81. The Morgan fingerprint density at radius 3 is 2.58 bits per heavy atom. The number of hydrogen-bond donors (Lipinski definition) is 1. The van der Waals surface area contributed by atoms with Crippen molar-refractivity contribution in [2.75, 3.05) is 24.7 Å². The molecular formula is C27H33ClN2O5S. The Kier molecular flexibility index (Phi) is 7.88. The average Bonchev–Trinajstić information content (AvgIpc) is 3.49. The number of fused-ring (bicyclic) bond motifs is 1. The Morgan fingerprint density at radius 2 is 2.00 bits per heavy atom. The Hall–Kier alpha value is -2.29.